The van der Waals surface area contributed by atoms with Crippen molar-refractivity contribution in [1.29, 1.82) is 0 Å². The summed E-state index contributed by atoms with van der Waals surface area (Å²) in [5.74, 6) is 0.786. The molecular weight excluding hydrogens is 350 g/mol. The predicted octanol–water partition coefficient (Wildman–Crippen LogP) is 4.63. The fourth-order valence-electron chi connectivity index (χ4n) is 3.46. The van der Waals surface area contributed by atoms with Crippen LogP contribution in [-0.2, 0) is 4.79 Å². The molecule has 0 radical (unpaired) electrons. The van der Waals surface area contributed by atoms with Gasteiger partial charge in [-0.15, -0.1) is 0 Å². The maximum Gasteiger partial charge on any atom is 0.226 e. The Labute approximate surface area is 163 Å². The lowest BCUT2D eigenvalue weighted by atomic mass is 10.2. The predicted molar refractivity (Wildman–Crippen MR) is 111 cm³/mol. The molecule has 2 N–H and O–H groups in total. The Morgan fingerprint density at radius 1 is 1.14 bits per heavy atom. The van der Waals surface area contributed by atoms with Gasteiger partial charge in [-0.25, -0.2) is 4.98 Å². The summed E-state index contributed by atoms with van der Waals surface area (Å²) in [4.78, 5) is 20.3. The van der Waals surface area contributed by atoms with Crippen LogP contribution in [0.25, 0.3) is 22.4 Å². The number of hydrogen-bond acceptors (Lipinski definition) is 3. The second kappa shape index (κ2) is 7.31. The first-order valence-corrected chi connectivity index (χ1v) is 9.37. The Bertz CT molecular complexity index is 1090. The highest BCUT2D eigenvalue weighted by atomic mass is 16.1. The third-order valence-corrected chi connectivity index (χ3v) is 4.77. The number of imidazole rings is 1. The number of carbonyl (C=O) groups is 1. The Kier molecular flexibility index (Phi) is 4.69. The van der Waals surface area contributed by atoms with Crippen LogP contribution >= 0.6 is 0 Å². The lowest BCUT2D eigenvalue weighted by molar-refractivity contribution is -0.116. The zero-order valence-electron chi connectivity index (χ0n) is 16.2. The molecule has 2 heterocycles. The van der Waals surface area contributed by atoms with Crippen molar-refractivity contribution in [2.24, 2.45) is 0 Å². The minimum absolute atomic E-state index is 0.00326. The van der Waals surface area contributed by atoms with E-state index in [0.29, 0.717) is 6.42 Å². The van der Waals surface area contributed by atoms with Crippen molar-refractivity contribution >= 4 is 22.6 Å². The molecular formula is C22H23N5O. The van der Waals surface area contributed by atoms with E-state index in [1.807, 2.05) is 80.1 Å². The highest BCUT2D eigenvalue weighted by molar-refractivity contribution is 5.91. The van der Waals surface area contributed by atoms with E-state index in [0.717, 1.165) is 39.5 Å². The third kappa shape index (κ3) is 3.67. The van der Waals surface area contributed by atoms with Crippen molar-refractivity contribution in [3.05, 3.63) is 66.0 Å². The molecule has 2 aromatic carbocycles. The van der Waals surface area contributed by atoms with Gasteiger partial charge < -0.3 is 10.3 Å². The van der Waals surface area contributed by atoms with Crippen molar-refractivity contribution in [2.75, 3.05) is 5.32 Å². The summed E-state index contributed by atoms with van der Waals surface area (Å²) in [7, 11) is 0. The molecule has 0 aliphatic carbocycles. The van der Waals surface area contributed by atoms with Crippen molar-refractivity contribution in [3.63, 3.8) is 0 Å². The lowest BCUT2D eigenvalue weighted by Crippen LogP contribution is -2.19. The van der Waals surface area contributed by atoms with Crippen LogP contribution in [0.5, 0.6) is 0 Å². The molecule has 0 saturated carbocycles. The number of anilines is 1. The first-order chi connectivity index (χ1) is 13.5. The largest absolute Gasteiger partial charge is 0.338 e. The van der Waals surface area contributed by atoms with E-state index < -0.39 is 0 Å². The molecule has 2 aromatic heterocycles. The molecule has 0 bridgehead atoms. The summed E-state index contributed by atoms with van der Waals surface area (Å²) in [6.07, 6.45) is 0.368. The minimum atomic E-state index is -0.0310. The van der Waals surface area contributed by atoms with E-state index >= 15 is 0 Å². The first kappa shape index (κ1) is 18.0. The fourth-order valence-corrected chi connectivity index (χ4v) is 3.46. The summed E-state index contributed by atoms with van der Waals surface area (Å²) in [5, 5.41) is 7.42. The van der Waals surface area contributed by atoms with Crippen LogP contribution in [0, 0.1) is 13.8 Å². The van der Waals surface area contributed by atoms with Crippen LogP contribution in [0.15, 0.2) is 54.6 Å². The van der Waals surface area contributed by atoms with E-state index in [9.17, 15) is 4.79 Å². The molecule has 0 spiro atoms. The summed E-state index contributed by atoms with van der Waals surface area (Å²) in [5.41, 5.74) is 5.72. The Morgan fingerprint density at radius 2 is 1.89 bits per heavy atom. The topological polar surface area (TPSA) is 75.6 Å². The average molecular weight is 373 g/mol. The number of para-hydroxylation sites is 2. The van der Waals surface area contributed by atoms with Crippen molar-refractivity contribution < 1.29 is 4.79 Å². The first-order valence-electron chi connectivity index (χ1n) is 9.37. The third-order valence-electron chi connectivity index (χ3n) is 4.77. The normalized spacial score (nSPS) is 12.2. The van der Waals surface area contributed by atoms with Crippen molar-refractivity contribution in [3.8, 4) is 11.4 Å². The molecule has 0 unspecified atom stereocenters. The molecule has 0 saturated heterocycles. The summed E-state index contributed by atoms with van der Waals surface area (Å²) in [6, 6.07) is 17.7. The maximum atomic E-state index is 12.4. The number of carbonyl (C=O) groups excluding carboxylic acids is 1. The molecule has 4 aromatic rings. The van der Waals surface area contributed by atoms with E-state index in [4.69, 9.17) is 0 Å². The smallest absolute Gasteiger partial charge is 0.226 e. The van der Waals surface area contributed by atoms with Crippen LogP contribution < -0.4 is 5.32 Å². The monoisotopic (exact) mass is 373 g/mol. The number of aryl methyl sites for hydroxylation is 2. The Balaban J connectivity index is 1.42. The number of aromatic nitrogens is 4. The van der Waals surface area contributed by atoms with Crippen LogP contribution in [-0.4, -0.2) is 25.7 Å². The van der Waals surface area contributed by atoms with Crippen LogP contribution in [0.1, 0.15) is 30.8 Å². The minimum Gasteiger partial charge on any atom is -0.338 e. The number of hydrogen-bond donors (Lipinski definition) is 2. The number of amides is 1. The second-order valence-corrected chi connectivity index (χ2v) is 7.15. The van der Waals surface area contributed by atoms with Gasteiger partial charge in [-0.1, -0.05) is 12.1 Å². The summed E-state index contributed by atoms with van der Waals surface area (Å²) >= 11 is 0. The quantitative estimate of drug-likeness (QED) is 0.535. The van der Waals surface area contributed by atoms with Crippen LogP contribution in [0.3, 0.4) is 0 Å². The van der Waals surface area contributed by atoms with E-state index in [2.05, 4.69) is 20.4 Å². The number of benzene rings is 2. The Hall–Kier alpha value is -3.41. The highest BCUT2D eigenvalue weighted by Gasteiger charge is 2.14. The SMILES string of the molecule is Cc1cc(C)n([C@@H](C)CC(=O)Nc2ccc(-c3nc4ccccc4[nH]3)cc2)n1. The van der Waals surface area contributed by atoms with Crippen LogP contribution in [0.4, 0.5) is 5.69 Å². The maximum absolute atomic E-state index is 12.4. The van der Waals surface area contributed by atoms with Gasteiger partial charge in [0.2, 0.25) is 5.91 Å². The van der Waals surface area contributed by atoms with Crippen LogP contribution in [0.2, 0.25) is 0 Å². The highest BCUT2D eigenvalue weighted by Crippen LogP contribution is 2.22. The fraction of sp³-hybridized carbons (Fsp3) is 0.227. The zero-order chi connectivity index (χ0) is 19.7. The van der Waals surface area contributed by atoms with Gasteiger partial charge in [0.15, 0.2) is 0 Å². The molecule has 4 rings (SSSR count). The number of aromatic amines is 1. The lowest BCUT2D eigenvalue weighted by Gasteiger charge is -2.14. The number of nitrogens with one attached hydrogen (secondary N) is 2. The van der Waals surface area contributed by atoms with Crippen molar-refractivity contribution in [2.45, 2.75) is 33.2 Å². The van der Waals surface area contributed by atoms with Gasteiger partial charge in [-0.3, -0.25) is 9.48 Å². The van der Waals surface area contributed by atoms with Gasteiger partial charge in [0.25, 0.3) is 0 Å². The van der Waals surface area contributed by atoms with Gasteiger partial charge in [0, 0.05) is 23.4 Å². The van der Waals surface area contributed by atoms with E-state index in [1.54, 1.807) is 0 Å². The molecule has 6 heteroatoms. The Morgan fingerprint density at radius 3 is 2.57 bits per heavy atom. The van der Waals surface area contributed by atoms with Gasteiger partial charge in [0.1, 0.15) is 5.82 Å². The standard InChI is InChI=1S/C22H23N5O/c1-14-12-15(2)27(26-14)16(3)13-21(28)23-18-10-8-17(9-11-18)22-24-19-6-4-5-7-20(19)25-22/h4-12,16H,13H2,1-3H3,(H,23,28)(H,24,25)/t16-/m0/s1. The number of rotatable bonds is 5. The van der Waals surface area contributed by atoms with Gasteiger partial charge in [-0.05, 0) is 63.2 Å². The molecule has 1 atom stereocenters. The molecule has 0 fully saturated rings. The average Bonchev–Trinajstić information content (AvgIpc) is 3.24. The molecule has 0 aliphatic heterocycles. The molecule has 1 amide bonds. The van der Waals surface area contributed by atoms with Gasteiger partial charge in [0.05, 0.1) is 22.8 Å². The summed E-state index contributed by atoms with van der Waals surface area (Å²) < 4.78 is 1.90. The van der Waals surface area contributed by atoms with Crippen molar-refractivity contribution in [1.82, 2.24) is 19.7 Å². The second-order valence-electron chi connectivity index (χ2n) is 7.15. The summed E-state index contributed by atoms with van der Waals surface area (Å²) in [6.45, 7) is 5.97. The number of nitrogens with zero attached hydrogens (tertiary/aromatic N) is 3. The number of fused-ring (bicyclic) bond motifs is 1. The zero-order valence-corrected chi connectivity index (χ0v) is 16.2. The van der Waals surface area contributed by atoms with Gasteiger partial charge in [-0.2, -0.15) is 5.10 Å². The molecule has 0 aliphatic rings. The molecule has 28 heavy (non-hydrogen) atoms. The molecule has 142 valence electrons. The number of H-pyrrole nitrogens is 1. The molecule has 6 nitrogen and oxygen atoms in total. The van der Waals surface area contributed by atoms with E-state index in [1.165, 1.54) is 0 Å². The van der Waals surface area contributed by atoms with Gasteiger partial charge >= 0.3 is 0 Å². The van der Waals surface area contributed by atoms with E-state index in [-0.39, 0.29) is 11.9 Å².